The molecular formula is C15H17F4NO. The van der Waals surface area contributed by atoms with E-state index in [0.29, 0.717) is 28.8 Å². The number of benzene rings is 1. The van der Waals surface area contributed by atoms with E-state index < -0.39 is 24.5 Å². The summed E-state index contributed by atoms with van der Waals surface area (Å²) >= 11 is 0. The minimum Gasteiger partial charge on any atom is -0.459 e. The van der Waals surface area contributed by atoms with E-state index in [1.54, 1.807) is 6.92 Å². The lowest BCUT2D eigenvalue weighted by molar-refractivity contribution is -0.136. The highest BCUT2D eigenvalue weighted by Crippen LogP contribution is 2.34. The largest absolute Gasteiger partial charge is 0.459 e. The maximum atomic E-state index is 13.3. The predicted molar refractivity (Wildman–Crippen MR) is 72.6 cm³/mol. The summed E-state index contributed by atoms with van der Waals surface area (Å²) in [6, 6.07) is 3.57. The second kappa shape index (κ2) is 6.05. The second-order valence-corrected chi connectivity index (χ2v) is 5.00. The molecule has 0 radical (unpaired) electrons. The van der Waals surface area contributed by atoms with E-state index in [1.165, 1.54) is 18.2 Å². The number of alkyl halides is 3. The molecule has 0 aliphatic rings. The van der Waals surface area contributed by atoms with E-state index >= 15 is 0 Å². The normalized spacial score (nSPS) is 13.8. The fourth-order valence-electron chi connectivity index (χ4n) is 2.42. The highest BCUT2D eigenvalue weighted by atomic mass is 19.4. The molecule has 0 spiro atoms. The number of rotatable bonds is 5. The van der Waals surface area contributed by atoms with Crippen LogP contribution < -0.4 is 5.32 Å². The topological polar surface area (TPSA) is 25.2 Å². The summed E-state index contributed by atoms with van der Waals surface area (Å²) in [6.07, 6.45) is -5.21. The monoisotopic (exact) mass is 303 g/mol. The number of nitrogens with one attached hydrogen (secondary N) is 1. The molecule has 6 heteroatoms. The highest BCUT2D eigenvalue weighted by Gasteiger charge is 2.30. The zero-order valence-electron chi connectivity index (χ0n) is 11.9. The van der Waals surface area contributed by atoms with Crippen LogP contribution in [0.25, 0.3) is 11.0 Å². The molecule has 2 nitrogen and oxygen atoms in total. The molecule has 0 saturated heterocycles. The molecule has 1 heterocycles. The van der Waals surface area contributed by atoms with Crippen LogP contribution in [-0.2, 0) is 0 Å². The van der Waals surface area contributed by atoms with Crippen molar-refractivity contribution in [3.63, 3.8) is 0 Å². The standard InChI is InChI=1S/C15H17F4NO/c1-3-20-12(6-7-15(17,18)19)14-9(2)11-8-10(16)4-5-13(11)21-14/h4-5,8,12,20H,3,6-7H2,1-2H3. The van der Waals surface area contributed by atoms with Crippen molar-refractivity contribution in [3.8, 4) is 0 Å². The smallest absolute Gasteiger partial charge is 0.389 e. The molecular weight excluding hydrogens is 286 g/mol. The predicted octanol–water partition coefficient (Wildman–Crippen LogP) is 4.87. The fraction of sp³-hybridized carbons (Fsp3) is 0.467. The van der Waals surface area contributed by atoms with Crippen LogP contribution in [0, 0.1) is 12.7 Å². The van der Waals surface area contributed by atoms with Crippen molar-refractivity contribution in [2.24, 2.45) is 0 Å². The van der Waals surface area contributed by atoms with Gasteiger partial charge in [-0.2, -0.15) is 13.2 Å². The Morgan fingerprint density at radius 1 is 1.29 bits per heavy atom. The second-order valence-electron chi connectivity index (χ2n) is 5.00. The first kappa shape index (κ1) is 15.8. The first-order valence-corrected chi connectivity index (χ1v) is 6.80. The average molecular weight is 303 g/mol. The van der Waals surface area contributed by atoms with Crippen LogP contribution >= 0.6 is 0 Å². The Kier molecular flexibility index (Phi) is 4.56. The van der Waals surface area contributed by atoms with Crippen LogP contribution in [-0.4, -0.2) is 12.7 Å². The van der Waals surface area contributed by atoms with Gasteiger partial charge in [-0.1, -0.05) is 6.92 Å². The van der Waals surface area contributed by atoms with E-state index in [2.05, 4.69) is 5.32 Å². The lowest BCUT2D eigenvalue weighted by Crippen LogP contribution is -2.23. The first-order valence-electron chi connectivity index (χ1n) is 6.80. The van der Waals surface area contributed by atoms with E-state index in [9.17, 15) is 17.6 Å². The Bertz CT molecular complexity index is 618. The van der Waals surface area contributed by atoms with E-state index in [-0.39, 0.29) is 6.42 Å². The molecule has 0 bridgehead atoms. The summed E-state index contributed by atoms with van der Waals surface area (Å²) in [5, 5.41) is 3.60. The lowest BCUT2D eigenvalue weighted by atomic mass is 10.0. The Morgan fingerprint density at radius 2 is 2.00 bits per heavy atom. The maximum Gasteiger partial charge on any atom is 0.389 e. The van der Waals surface area contributed by atoms with Crippen LogP contribution in [0.1, 0.15) is 37.1 Å². The molecule has 0 aliphatic carbocycles. The van der Waals surface area contributed by atoms with Crippen molar-refractivity contribution >= 4 is 11.0 Å². The Balaban J connectivity index is 2.33. The number of furan rings is 1. The van der Waals surface area contributed by atoms with Gasteiger partial charge in [0.1, 0.15) is 17.2 Å². The molecule has 21 heavy (non-hydrogen) atoms. The zero-order valence-corrected chi connectivity index (χ0v) is 11.9. The van der Waals surface area contributed by atoms with Crippen molar-refractivity contribution in [1.82, 2.24) is 5.32 Å². The molecule has 0 aliphatic heterocycles. The quantitative estimate of drug-likeness (QED) is 0.797. The third-order valence-corrected chi connectivity index (χ3v) is 3.42. The number of hydrogen-bond acceptors (Lipinski definition) is 2. The van der Waals surface area contributed by atoms with Crippen molar-refractivity contribution in [3.05, 3.63) is 35.3 Å². The molecule has 116 valence electrons. The Labute approximate surface area is 120 Å². The molecule has 2 aromatic rings. The molecule has 0 amide bonds. The third-order valence-electron chi connectivity index (χ3n) is 3.42. The van der Waals surface area contributed by atoms with E-state index in [1.807, 2.05) is 6.92 Å². The minimum atomic E-state index is -4.21. The van der Waals surface area contributed by atoms with Gasteiger partial charge in [-0.25, -0.2) is 4.39 Å². The van der Waals surface area contributed by atoms with Crippen molar-refractivity contribution in [2.75, 3.05) is 6.54 Å². The molecule has 0 fully saturated rings. The molecule has 0 saturated carbocycles. The fourth-order valence-corrected chi connectivity index (χ4v) is 2.42. The number of halogens is 4. The van der Waals surface area contributed by atoms with E-state index in [4.69, 9.17) is 4.42 Å². The first-order chi connectivity index (χ1) is 9.81. The summed E-state index contributed by atoms with van der Waals surface area (Å²) in [5.41, 5.74) is 1.16. The summed E-state index contributed by atoms with van der Waals surface area (Å²) in [4.78, 5) is 0. The molecule has 2 rings (SSSR count). The molecule has 1 aromatic carbocycles. The minimum absolute atomic E-state index is 0.111. The number of fused-ring (bicyclic) bond motifs is 1. The molecule has 1 unspecified atom stereocenters. The lowest BCUT2D eigenvalue weighted by Gasteiger charge is -2.17. The van der Waals surface area contributed by atoms with Gasteiger partial charge in [-0.3, -0.25) is 0 Å². The third kappa shape index (κ3) is 3.75. The van der Waals surface area contributed by atoms with Crippen molar-refractivity contribution < 1.29 is 22.0 Å². The summed E-state index contributed by atoms with van der Waals surface area (Å²) in [6.45, 7) is 4.07. The molecule has 1 N–H and O–H groups in total. The van der Waals surface area contributed by atoms with Gasteiger partial charge in [-0.05, 0) is 38.1 Å². The highest BCUT2D eigenvalue weighted by molar-refractivity contribution is 5.82. The Hall–Kier alpha value is -1.56. The van der Waals surface area contributed by atoms with Gasteiger partial charge in [0.2, 0.25) is 0 Å². The molecule has 1 aromatic heterocycles. The Morgan fingerprint density at radius 3 is 2.62 bits per heavy atom. The van der Waals surface area contributed by atoms with Crippen LogP contribution in [0.3, 0.4) is 0 Å². The van der Waals surface area contributed by atoms with Gasteiger partial charge < -0.3 is 9.73 Å². The number of hydrogen-bond donors (Lipinski definition) is 1. The SMILES string of the molecule is CCNC(CCC(F)(F)F)c1oc2ccc(F)cc2c1C. The van der Waals surface area contributed by atoms with Crippen LogP contribution in [0.5, 0.6) is 0 Å². The van der Waals surface area contributed by atoms with Gasteiger partial charge >= 0.3 is 6.18 Å². The zero-order chi connectivity index (χ0) is 15.6. The molecule has 1 atom stereocenters. The summed E-state index contributed by atoms with van der Waals surface area (Å²) in [5.74, 6) is 0.0509. The van der Waals surface area contributed by atoms with Crippen LogP contribution in [0.2, 0.25) is 0 Å². The average Bonchev–Trinajstić information content (AvgIpc) is 2.71. The summed E-state index contributed by atoms with van der Waals surface area (Å²) < 4.78 is 56.2. The van der Waals surface area contributed by atoms with Gasteiger partial charge in [0.15, 0.2) is 0 Å². The van der Waals surface area contributed by atoms with Gasteiger partial charge in [-0.15, -0.1) is 0 Å². The van der Waals surface area contributed by atoms with Gasteiger partial charge in [0, 0.05) is 17.4 Å². The van der Waals surface area contributed by atoms with E-state index in [0.717, 1.165) is 0 Å². The van der Waals surface area contributed by atoms with Crippen LogP contribution in [0.4, 0.5) is 17.6 Å². The van der Waals surface area contributed by atoms with Gasteiger partial charge in [0.05, 0.1) is 6.04 Å². The number of aryl methyl sites for hydroxylation is 1. The van der Waals surface area contributed by atoms with Crippen molar-refractivity contribution in [2.45, 2.75) is 38.9 Å². The summed E-state index contributed by atoms with van der Waals surface area (Å²) in [7, 11) is 0. The maximum absolute atomic E-state index is 13.3. The van der Waals surface area contributed by atoms with Crippen LogP contribution in [0.15, 0.2) is 22.6 Å². The van der Waals surface area contributed by atoms with Gasteiger partial charge in [0.25, 0.3) is 0 Å². The van der Waals surface area contributed by atoms with Crippen molar-refractivity contribution in [1.29, 1.82) is 0 Å².